The van der Waals surface area contributed by atoms with Crippen LogP contribution < -0.4 is 5.32 Å². The van der Waals surface area contributed by atoms with Crippen LogP contribution in [0.3, 0.4) is 0 Å². The van der Waals surface area contributed by atoms with Gasteiger partial charge in [-0.2, -0.15) is 0 Å². The minimum atomic E-state index is 0. The SMILES string of the molecule is CCNC(=NCC(C)N1CCN(C)CC1)N(C)Cc1ccc(Cl)cc1.I. The highest BCUT2D eigenvalue weighted by molar-refractivity contribution is 14.0. The van der Waals surface area contributed by atoms with Crippen LogP contribution in [0.15, 0.2) is 29.3 Å². The van der Waals surface area contributed by atoms with Gasteiger partial charge in [0.15, 0.2) is 5.96 Å². The van der Waals surface area contributed by atoms with Crippen molar-refractivity contribution in [2.45, 2.75) is 26.4 Å². The van der Waals surface area contributed by atoms with Gasteiger partial charge in [-0.15, -0.1) is 24.0 Å². The number of hydrogen-bond donors (Lipinski definition) is 1. The third kappa shape index (κ3) is 7.58. The molecule has 0 saturated carbocycles. The Bertz CT molecular complexity index is 543. The molecule has 0 amide bonds. The first-order valence-electron chi connectivity index (χ1n) is 9.16. The maximum absolute atomic E-state index is 5.97. The monoisotopic (exact) mass is 493 g/mol. The lowest BCUT2D eigenvalue weighted by Gasteiger charge is -2.36. The van der Waals surface area contributed by atoms with Crippen molar-refractivity contribution in [3.8, 4) is 0 Å². The molecule has 1 unspecified atom stereocenters. The number of hydrogen-bond acceptors (Lipinski definition) is 3. The molecule has 0 aromatic heterocycles. The summed E-state index contributed by atoms with van der Waals surface area (Å²) < 4.78 is 0. The van der Waals surface area contributed by atoms with Gasteiger partial charge in [0.2, 0.25) is 0 Å². The number of nitrogens with zero attached hydrogens (tertiary/aromatic N) is 4. The Kier molecular flexibility index (Phi) is 10.8. The summed E-state index contributed by atoms with van der Waals surface area (Å²) >= 11 is 5.97. The predicted octanol–water partition coefficient (Wildman–Crippen LogP) is 2.99. The molecule has 2 rings (SSSR count). The molecule has 7 heteroatoms. The van der Waals surface area contributed by atoms with E-state index in [1.165, 1.54) is 5.56 Å². The largest absolute Gasteiger partial charge is 0.357 e. The van der Waals surface area contributed by atoms with E-state index in [0.29, 0.717) is 6.04 Å². The molecular weight excluding hydrogens is 461 g/mol. The van der Waals surface area contributed by atoms with Crippen molar-refractivity contribution in [2.75, 3.05) is 53.4 Å². The summed E-state index contributed by atoms with van der Waals surface area (Å²) in [5.41, 5.74) is 1.23. The second-order valence-electron chi connectivity index (χ2n) is 6.87. The smallest absolute Gasteiger partial charge is 0.194 e. The van der Waals surface area contributed by atoms with Gasteiger partial charge >= 0.3 is 0 Å². The minimum absolute atomic E-state index is 0. The molecule has 0 radical (unpaired) electrons. The number of benzene rings is 1. The average Bonchev–Trinajstić information content (AvgIpc) is 2.60. The van der Waals surface area contributed by atoms with Crippen LogP contribution in [0.5, 0.6) is 0 Å². The van der Waals surface area contributed by atoms with E-state index in [0.717, 1.165) is 56.8 Å². The number of halogens is 2. The molecule has 0 spiro atoms. The van der Waals surface area contributed by atoms with Crippen molar-refractivity contribution in [1.82, 2.24) is 20.0 Å². The van der Waals surface area contributed by atoms with E-state index in [-0.39, 0.29) is 24.0 Å². The normalized spacial score (nSPS) is 17.5. The van der Waals surface area contributed by atoms with E-state index in [2.05, 4.69) is 60.1 Å². The van der Waals surface area contributed by atoms with Crippen LogP contribution in [-0.2, 0) is 6.54 Å². The molecule has 1 fully saturated rings. The molecule has 148 valence electrons. The number of piperazine rings is 1. The average molecular weight is 494 g/mol. The predicted molar refractivity (Wildman–Crippen MR) is 123 cm³/mol. The van der Waals surface area contributed by atoms with Crippen LogP contribution in [0.2, 0.25) is 5.02 Å². The molecule has 1 saturated heterocycles. The molecule has 1 aromatic carbocycles. The highest BCUT2D eigenvalue weighted by Gasteiger charge is 2.19. The number of guanidine groups is 1. The van der Waals surface area contributed by atoms with Gasteiger partial charge in [-0.05, 0) is 38.6 Å². The molecule has 5 nitrogen and oxygen atoms in total. The molecule has 1 aliphatic heterocycles. The Hall–Kier alpha value is -0.570. The fourth-order valence-corrected chi connectivity index (χ4v) is 3.13. The van der Waals surface area contributed by atoms with Gasteiger partial charge in [0, 0.05) is 57.4 Å². The van der Waals surface area contributed by atoms with Crippen molar-refractivity contribution < 1.29 is 0 Å². The van der Waals surface area contributed by atoms with E-state index >= 15 is 0 Å². The Balaban J connectivity index is 0.00000338. The Morgan fingerprint density at radius 1 is 1.23 bits per heavy atom. The number of rotatable bonds is 6. The lowest BCUT2D eigenvalue weighted by Crippen LogP contribution is -2.49. The molecular formula is C19H33ClIN5. The maximum Gasteiger partial charge on any atom is 0.194 e. The van der Waals surface area contributed by atoms with Gasteiger partial charge in [-0.1, -0.05) is 23.7 Å². The van der Waals surface area contributed by atoms with E-state index in [9.17, 15) is 0 Å². The fourth-order valence-electron chi connectivity index (χ4n) is 3.00. The summed E-state index contributed by atoms with van der Waals surface area (Å²) in [5.74, 6) is 0.957. The summed E-state index contributed by atoms with van der Waals surface area (Å²) in [4.78, 5) is 12.0. The number of aliphatic imine (C=N–C) groups is 1. The molecule has 1 atom stereocenters. The van der Waals surface area contributed by atoms with Crippen LogP contribution in [0, 0.1) is 0 Å². The van der Waals surface area contributed by atoms with Gasteiger partial charge in [-0.25, -0.2) is 0 Å². The van der Waals surface area contributed by atoms with Crippen molar-refractivity contribution in [3.05, 3.63) is 34.9 Å². The summed E-state index contributed by atoms with van der Waals surface area (Å²) in [5, 5.41) is 4.17. The molecule has 1 N–H and O–H groups in total. The quantitative estimate of drug-likeness (QED) is 0.375. The molecule has 0 aliphatic carbocycles. The van der Waals surface area contributed by atoms with Crippen molar-refractivity contribution in [1.29, 1.82) is 0 Å². The fraction of sp³-hybridized carbons (Fsp3) is 0.632. The maximum atomic E-state index is 5.97. The Morgan fingerprint density at radius 2 is 1.85 bits per heavy atom. The summed E-state index contributed by atoms with van der Waals surface area (Å²) in [6, 6.07) is 8.46. The van der Waals surface area contributed by atoms with Crippen molar-refractivity contribution in [2.24, 2.45) is 4.99 Å². The Morgan fingerprint density at radius 3 is 2.42 bits per heavy atom. The lowest BCUT2D eigenvalue weighted by molar-refractivity contribution is 0.122. The highest BCUT2D eigenvalue weighted by atomic mass is 127. The zero-order chi connectivity index (χ0) is 18.2. The van der Waals surface area contributed by atoms with E-state index < -0.39 is 0 Å². The van der Waals surface area contributed by atoms with Gasteiger partial charge in [-0.3, -0.25) is 9.89 Å². The summed E-state index contributed by atoms with van der Waals surface area (Å²) in [7, 11) is 4.27. The molecule has 26 heavy (non-hydrogen) atoms. The van der Waals surface area contributed by atoms with Crippen molar-refractivity contribution in [3.63, 3.8) is 0 Å². The van der Waals surface area contributed by atoms with Gasteiger partial charge in [0.05, 0.1) is 6.54 Å². The third-order valence-electron chi connectivity index (χ3n) is 4.70. The molecule has 0 bridgehead atoms. The second kappa shape index (κ2) is 12.0. The van der Waals surface area contributed by atoms with Gasteiger partial charge < -0.3 is 15.1 Å². The zero-order valence-corrected chi connectivity index (χ0v) is 19.5. The van der Waals surface area contributed by atoms with E-state index in [4.69, 9.17) is 16.6 Å². The van der Waals surface area contributed by atoms with Crippen molar-refractivity contribution >= 4 is 41.5 Å². The summed E-state index contributed by atoms with van der Waals surface area (Å²) in [6.45, 7) is 11.4. The number of likely N-dealkylation sites (N-methyl/N-ethyl adjacent to an activating group) is 1. The highest BCUT2D eigenvalue weighted by Crippen LogP contribution is 2.11. The van der Waals surface area contributed by atoms with Gasteiger partial charge in [0.1, 0.15) is 0 Å². The van der Waals surface area contributed by atoms with Crippen LogP contribution in [0.1, 0.15) is 19.4 Å². The van der Waals surface area contributed by atoms with Crippen LogP contribution in [0.4, 0.5) is 0 Å². The molecule has 1 aromatic rings. The van der Waals surface area contributed by atoms with E-state index in [1.54, 1.807) is 0 Å². The second-order valence-corrected chi connectivity index (χ2v) is 7.30. The molecule has 1 aliphatic rings. The van der Waals surface area contributed by atoms with E-state index in [1.807, 2.05) is 12.1 Å². The Labute approximate surface area is 180 Å². The minimum Gasteiger partial charge on any atom is -0.357 e. The third-order valence-corrected chi connectivity index (χ3v) is 4.95. The lowest BCUT2D eigenvalue weighted by atomic mass is 10.2. The number of nitrogens with one attached hydrogen (secondary N) is 1. The summed E-state index contributed by atoms with van der Waals surface area (Å²) in [6.07, 6.45) is 0. The van der Waals surface area contributed by atoms with Crippen LogP contribution in [-0.4, -0.2) is 80.1 Å². The van der Waals surface area contributed by atoms with Gasteiger partial charge in [0.25, 0.3) is 0 Å². The van der Waals surface area contributed by atoms with Crippen LogP contribution in [0.25, 0.3) is 0 Å². The zero-order valence-electron chi connectivity index (χ0n) is 16.4. The molecule has 1 heterocycles. The first-order chi connectivity index (χ1) is 12.0. The van der Waals surface area contributed by atoms with Crippen LogP contribution >= 0.6 is 35.6 Å². The topological polar surface area (TPSA) is 34.1 Å². The first-order valence-corrected chi connectivity index (χ1v) is 9.54. The first kappa shape index (κ1) is 23.5. The standard InChI is InChI=1S/C19H32ClN5.HI/c1-5-21-19(24(4)15-17-6-8-18(20)9-7-17)22-14-16(2)25-12-10-23(3)11-13-25;/h6-9,16H,5,10-15H2,1-4H3,(H,21,22);1H.